The molecular weight excluding hydrogens is 240 g/mol. The number of benzene rings is 1. The number of unbranched alkanes of at least 4 members (excludes halogenated alkanes) is 1. The van der Waals surface area contributed by atoms with E-state index >= 15 is 0 Å². The average molecular weight is 259 g/mol. The molecule has 0 aliphatic carbocycles. The number of hydrogen-bond donors (Lipinski definition) is 1. The van der Waals surface area contributed by atoms with Crippen molar-refractivity contribution < 1.29 is 18.3 Å². The van der Waals surface area contributed by atoms with Crippen LogP contribution in [0.2, 0.25) is 0 Å². The van der Waals surface area contributed by atoms with E-state index in [0.29, 0.717) is 25.9 Å². The number of carbonyl (C=O) groups is 1. The maximum atomic E-state index is 12.2. The second-order valence-corrected chi connectivity index (χ2v) is 3.47. The minimum absolute atomic E-state index is 0.201. The number of carbonyl (C=O) groups excluding carboxylic acids is 1. The van der Waals surface area contributed by atoms with Crippen molar-refractivity contribution in [2.24, 2.45) is 0 Å². The number of esters is 1. The summed E-state index contributed by atoms with van der Waals surface area (Å²) in [5.74, 6) is -0.580. The lowest BCUT2D eigenvalue weighted by molar-refractivity contribution is -0.143. The molecule has 0 saturated heterocycles. The van der Waals surface area contributed by atoms with Gasteiger partial charge in [0.05, 0.1) is 19.0 Å². The highest BCUT2D eigenvalue weighted by Crippen LogP contribution is 2.05. The lowest BCUT2D eigenvalue weighted by Crippen LogP contribution is -2.03. The number of ether oxygens (including phenoxy) is 1. The fourth-order valence-electron chi connectivity index (χ4n) is 1.07. The molecule has 0 aromatic heterocycles. The number of alkyl halides is 1. The van der Waals surface area contributed by atoms with Gasteiger partial charge in [-0.25, -0.2) is 4.39 Å². The zero-order chi connectivity index (χ0) is 13.8. The third-order valence-corrected chi connectivity index (χ3v) is 1.98. The molecule has 0 unspecified atom stereocenters. The van der Waals surface area contributed by atoms with Gasteiger partial charge in [-0.05, 0) is 31.9 Å². The van der Waals surface area contributed by atoms with Crippen LogP contribution in [-0.4, -0.2) is 19.3 Å². The molecule has 0 fully saturated rings. The predicted octanol–water partition coefficient (Wildman–Crippen LogP) is 3.10. The maximum absolute atomic E-state index is 12.2. The fourth-order valence-corrected chi connectivity index (χ4v) is 1.07. The molecule has 102 valence electrons. The van der Waals surface area contributed by atoms with Crippen molar-refractivity contribution in [3.05, 3.63) is 30.1 Å². The van der Waals surface area contributed by atoms with Crippen molar-refractivity contribution in [1.82, 2.24) is 0 Å². The molecule has 0 amide bonds. The van der Waals surface area contributed by atoms with Gasteiger partial charge in [0.1, 0.15) is 5.82 Å². The van der Waals surface area contributed by atoms with E-state index in [0.717, 1.165) is 0 Å². The van der Waals surface area contributed by atoms with Gasteiger partial charge in [0, 0.05) is 6.42 Å². The Morgan fingerprint density at radius 2 is 2.00 bits per heavy atom. The Bertz CT molecular complexity index is 325. The van der Waals surface area contributed by atoms with Gasteiger partial charge in [0.15, 0.2) is 0 Å². The second kappa shape index (κ2) is 10.5. The summed E-state index contributed by atoms with van der Waals surface area (Å²) >= 11 is 0. The Labute approximate surface area is 106 Å². The first-order valence-corrected chi connectivity index (χ1v) is 5.83. The summed E-state index contributed by atoms with van der Waals surface area (Å²) in [7, 11) is 0. The van der Waals surface area contributed by atoms with E-state index in [2.05, 4.69) is 4.74 Å². The SMILES string of the molecule is CCOC(=O)CCCCF.Nc1ccccc1F. The number of nitrogens with two attached hydrogens (primary N) is 1. The zero-order valence-corrected chi connectivity index (χ0v) is 10.5. The highest BCUT2D eigenvalue weighted by Gasteiger charge is 1.99. The van der Waals surface area contributed by atoms with Gasteiger partial charge < -0.3 is 10.5 Å². The summed E-state index contributed by atoms with van der Waals surface area (Å²) in [6.45, 7) is 1.82. The van der Waals surface area contributed by atoms with E-state index in [1.165, 1.54) is 12.1 Å². The van der Waals surface area contributed by atoms with Gasteiger partial charge in [-0.2, -0.15) is 0 Å². The molecule has 2 N–H and O–H groups in total. The molecule has 3 nitrogen and oxygen atoms in total. The molecule has 18 heavy (non-hydrogen) atoms. The van der Waals surface area contributed by atoms with Crippen molar-refractivity contribution in [1.29, 1.82) is 0 Å². The Hall–Kier alpha value is -1.65. The molecule has 0 saturated carbocycles. The summed E-state index contributed by atoms with van der Waals surface area (Å²) < 4.78 is 28.3. The highest BCUT2D eigenvalue weighted by molar-refractivity contribution is 5.69. The van der Waals surface area contributed by atoms with Crippen LogP contribution < -0.4 is 5.73 Å². The van der Waals surface area contributed by atoms with Crippen LogP contribution in [0.4, 0.5) is 14.5 Å². The summed E-state index contributed by atoms with van der Waals surface area (Å²) in [5, 5.41) is 0. The van der Waals surface area contributed by atoms with Crippen molar-refractivity contribution in [2.45, 2.75) is 26.2 Å². The first kappa shape index (κ1) is 16.4. The van der Waals surface area contributed by atoms with Crippen LogP contribution in [0, 0.1) is 5.82 Å². The molecule has 1 aromatic carbocycles. The summed E-state index contributed by atoms with van der Waals surface area (Å²) in [5.41, 5.74) is 5.35. The predicted molar refractivity (Wildman–Crippen MR) is 67.3 cm³/mol. The summed E-state index contributed by atoms with van der Waals surface area (Å²) in [4.78, 5) is 10.6. The molecule has 0 spiro atoms. The topological polar surface area (TPSA) is 52.3 Å². The van der Waals surface area contributed by atoms with Crippen molar-refractivity contribution in [3.8, 4) is 0 Å². The van der Waals surface area contributed by atoms with E-state index in [-0.39, 0.29) is 24.1 Å². The maximum Gasteiger partial charge on any atom is 0.305 e. The Morgan fingerprint density at radius 1 is 1.33 bits per heavy atom. The van der Waals surface area contributed by atoms with E-state index in [4.69, 9.17) is 5.73 Å². The molecule has 0 aliphatic heterocycles. The minimum atomic E-state index is -0.354. The molecule has 0 heterocycles. The Kier molecular flexibility index (Phi) is 9.54. The molecule has 5 heteroatoms. The fraction of sp³-hybridized carbons (Fsp3) is 0.462. The molecule has 0 bridgehead atoms. The third kappa shape index (κ3) is 8.50. The monoisotopic (exact) mass is 259 g/mol. The van der Waals surface area contributed by atoms with E-state index < -0.39 is 0 Å². The van der Waals surface area contributed by atoms with Crippen LogP contribution in [0.15, 0.2) is 24.3 Å². The first-order valence-electron chi connectivity index (χ1n) is 5.83. The second-order valence-electron chi connectivity index (χ2n) is 3.47. The van der Waals surface area contributed by atoms with Crippen LogP contribution >= 0.6 is 0 Å². The molecule has 0 atom stereocenters. The van der Waals surface area contributed by atoms with E-state index in [1.807, 2.05) is 0 Å². The molecule has 1 aromatic rings. The number of para-hydroxylation sites is 1. The van der Waals surface area contributed by atoms with Gasteiger partial charge in [-0.15, -0.1) is 0 Å². The average Bonchev–Trinajstić information content (AvgIpc) is 2.35. The van der Waals surface area contributed by atoms with Gasteiger partial charge in [0.2, 0.25) is 0 Å². The number of halogens is 2. The number of nitrogen functional groups attached to an aromatic ring is 1. The van der Waals surface area contributed by atoms with Crippen LogP contribution in [0.25, 0.3) is 0 Å². The van der Waals surface area contributed by atoms with E-state index in [9.17, 15) is 13.6 Å². The lowest BCUT2D eigenvalue weighted by atomic mass is 10.2. The summed E-state index contributed by atoms with van der Waals surface area (Å²) in [6, 6.07) is 6.15. The van der Waals surface area contributed by atoms with E-state index in [1.54, 1.807) is 19.1 Å². The first-order chi connectivity index (χ1) is 8.61. The Balaban J connectivity index is 0.000000327. The summed E-state index contributed by atoms with van der Waals surface area (Å²) in [6.07, 6.45) is 1.39. The van der Waals surface area contributed by atoms with Crippen LogP contribution in [0.1, 0.15) is 26.2 Å². The van der Waals surface area contributed by atoms with Gasteiger partial charge in [-0.1, -0.05) is 12.1 Å². The quantitative estimate of drug-likeness (QED) is 0.502. The smallest absolute Gasteiger partial charge is 0.305 e. The largest absolute Gasteiger partial charge is 0.466 e. The standard InChI is InChI=1S/C7H13FO2.C6H6FN/c1-2-10-7(9)5-3-4-6-8;7-5-3-1-2-4-6(5)8/h2-6H2,1H3;1-4H,8H2. The minimum Gasteiger partial charge on any atom is -0.466 e. The number of rotatable bonds is 5. The Morgan fingerprint density at radius 3 is 2.44 bits per heavy atom. The normalized spacial score (nSPS) is 9.28. The van der Waals surface area contributed by atoms with Crippen molar-refractivity contribution in [2.75, 3.05) is 19.0 Å². The number of anilines is 1. The van der Waals surface area contributed by atoms with Crippen molar-refractivity contribution in [3.63, 3.8) is 0 Å². The van der Waals surface area contributed by atoms with Crippen LogP contribution in [-0.2, 0) is 9.53 Å². The van der Waals surface area contributed by atoms with Gasteiger partial charge in [0.25, 0.3) is 0 Å². The molecule has 0 aliphatic rings. The van der Waals surface area contributed by atoms with Gasteiger partial charge >= 0.3 is 5.97 Å². The van der Waals surface area contributed by atoms with Crippen LogP contribution in [0.5, 0.6) is 0 Å². The third-order valence-electron chi connectivity index (χ3n) is 1.98. The molecule has 0 radical (unpaired) electrons. The van der Waals surface area contributed by atoms with Crippen LogP contribution in [0.3, 0.4) is 0 Å². The zero-order valence-electron chi connectivity index (χ0n) is 10.5. The lowest BCUT2D eigenvalue weighted by Gasteiger charge is -1.98. The van der Waals surface area contributed by atoms with Gasteiger partial charge in [-0.3, -0.25) is 9.18 Å². The molecule has 1 rings (SSSR count). The molecular formula is C13H19F2NO2. The van der Waals surface area contributed by atoms with Crippen molar-refractivity contribution >= 4 is 11.7 Å². The number of hydrogen-bond acceptors (Lipinski definition) is 3. The highest BCUT2D eigenvalue weighted by atomic mass is 19.1.